The van der Waals surface area contributed by atoms with Crippen LogP contribution in [0.1, 0.15) is 27.2 Å². The average Bonchev–Trinajstić information content (AvgIpc) is 2.99. The van der Waals surface area contributed by atoms with Gasteiger partial charge in [-0.15, -0.1) is 0 Å². The number of fused-ring (bicyclic) bond motifs is 1. The summed E-state index contributed by atoms with van der Waals surface area (Å²) in [6.45, 7) is 5.92. The van der Waals surface area contributed by atoms with E-state index in [0.29, 0.717) is 17.2 Å². The van der Waals surface area contributed by atoms with Gasteiger partial charge in [-0.05, 0) is 6.42 Å². The zero-order chi connectivity index (χ0) is 20.3. The Kier molecular flexibility index (Phi) is 6.47. The highest BCUT2D eigenvalue weighted by molar-refractivity contribution is 7.99. The minimum absolute atomic E-state index is 0.000324. The largest absolute Gasteiger partial charge is 0.332 e. The van der Waals surface area contributed by atoms with E-state index in [1.807, 2.05) is 6.92 Å². The fourth-order valence-corrected chi connectivity index (χ4v) is 3.23. The van der Waals surface area contributed by atoms with Crippen LogP contribution in [0.25, 0.3) is 11.2 Å². The molecule has 0 unspecified atom stereocenters. The third-order valence-corrected chi connectivity index (χ3v) is 4.92. The van der Waals surface area contributed by atoms with E-state index in [1.165, 1.54) is 11.6 Å². The number of carbonyl (C=O) groups is 2. The smallest absolute Gasteiger partial charge is 0.313 e. The predicted octanol–water partition coefficient (Wildman–Crippen LogP) is -0.261. The lowest BCUT2D eigenvalue weighted by Crippen LogP contribution is -2.44. The van der Waals surface area contributed by atoms with Crippen molar-refractivity contribution >= 4 is 34.7 Å². The summed E-state index contributed by atoms with van der Waals surface area (Å²) < 4.78 is 4.08. The molecule has 2 aromatic heterocycles. The van der Waals surface area contributed by atoms with Gasteiger partial charge in [-0.1, -0.05) is 32.5 Å². The number of nitrogens with zero attached hydrogens (tertiary/aromatic N) is 4. The van der Waals surface area contributed by atoms with Gasteiger partial charge in [0, 0.05) is 26.6 Å². The van der Waals surface area contributed by atoms with Gasteiger partial charge in [-0.3, -0.25) is 34.4 Å². The van der Waals surface area contributed by atoms with E-state index >= 15 is 0 Å². The second-order valence-electron chi connectivity index (χ2n) is 6.40. The molecule has 0 radical (unpaired) electrons. The van der Waals surface area contributed by atoms with Crippen LogP contribution in [-0.2, 0) is 30.2 Å². The molecule has 0 aliphatic carbocycles. The fourth-order valence-electron chi connectivity index (χ4n) is 2.41. The molecule has 2 rings (SSSR count). The van der Waals surface area contributed by atoms with E-state index in [2.05, 4.69) is 15.8 Å². The molecule has 0 aliphatic rings. The van der Waals surface area contributed by atoms with Crippen molar-refractivity contribution in [2.75, 3.05) is 5.75 Å². The minimum atomic E-state index is -0.459. The molecule has 0 fully saturated rings. The molecule has 27 heavy (non-hydrogen) atoms. The Morgan fingerprint density at radius 1 is 1.15 bits per heavy atom. The van der Waals surface area contributed by atoms with Crippen LogP contribution in [0.3, 0.4) is 0 Å². The minimum Gasteiger partial charge on any atom is -0.313 e. The fraction of sp³-hybridized carbons (Fsp3) is 0.562. The number of rotatable bonds is 6. The lowest BCUT2D eigenvalue weighted by molar-refractivity contribution is -0.129. The third kappa shape index (κ3) is 4.24. The van der Waals surface area contributed by atoms with Crippen LogP contribution in [0, 0.1) is 5.92 Å². The van der Waals surface area contributed by atoms with Crippen LogP contribution in [0.15, 0.2) is 14.7 Å². The summed E-state index contributed by atoms with van der Waals surface area (Å²) in [4.78, 5) is 52.5. The molecule has 2 aromatic rings. The topological polar surface area (TPSA) is 120 Å². The van der Waals surface area contributed by atoms with Crippen LogP contribution >= 0.6 is 11.8 Å². The lowest BCUT2D eigenvalue weighted by Gasteiger charge is -2.10. The summed E-state index contributed by atoms with van der Waals surface area (Å²) in [5.74, 6) is -0.931. The quantitative estimate of drug-likeness (QED) is 0.513. The molecular weight excluding hydrogens is 372 g/mol. The first-order chi connectivity index (χ1) is 12.7. The first-order valence-electron chi connectivity index (χ1n) is 8.56. The Morgan fingerprint density at radius 2 is 1.81 bits per heavy atom. The maximum absolute atomic E-state index is 12.5. The predicted molar refractivity (Wildman–Crippen MR) is 102 cm³/mol. The van der Waals surface area contributed by atoms with Gasteiger partial charge >= 0.3 is 5.69 Å². The molecule has 2 N–H and O–H groups in total. The van der Waals surface area contributed by atoms with Gasteiger partial charge in [0.15, 0.2) is 16.3 Å². The highest BCUT2D eigenvalue weighted by Crippen LogP contribution is 2.21. The molecule has 0 saturated heterocycles. The highest BCUT2D eigenvalue weighted by atomic mass is 32.2. The number of aryl methyl sites for hydroxylation is 2. The van der Waals surface area contributed by atoms with Crippen LogP contribution in [0.5, 0.6) is 0 Å². The molecule has 0 saturated carbocycles. The van der Waals surface area contributed by atoms with Gasteiger partial charge in [-0.25, -0.2) is 9.78 Å². The number of hydrogen-bond donors (Lipinski definition) is 2. The molecule has 0 aromatic carbocycles. The van der Waals surface area contributed by atoms with Crippen LogP contribution < -0.4 is 22.1 Å². The highest BCUT2D eigenvalue weighted by Gasteiger charge is 2.19. The van der Waals surface area contributed by atoms with E-state index in [1.54, 1.807) is 25.5 Å². The standard InChI is InChI=1S/C16H24N6O4S/c1-6-7-22-11-12(20(4)16(26)21(5)14(11)25)17-15(22)27-8-10(23)18-19-13(24)9(2)3/h9H,6-8H2,1-5H3,(H,18,23)(H,19,24). The summed E-state index contributed by atoms with van der Waals surface area (Å²) in [6, 6.07) is 0. The Labute approximate surface area is 159 Å². The van der Waals surface area contributed by atoms with Gasteiger partial charge in [0.1, 0.15) is 0 Å². The van der Waals surface area contributed by atoms with Gasteiger partial charge in [0.25, 0.3) is 5.56 Å². The number of thioether (sulfide) groups is 1. The van der Waals surface area contributed by atoms with E-state index in [4.69, 9.17) is 0 Å². The molecule has 148 valence electrons. The molecule has 0 bridgehead atoms. The number of amides is 2. The van der Waals surface area contributed by atoms with Gasteiger partial charge in [0.2, 0.25) is 11.8 Å². The van der Waals surface area contributed by atoms with Crippen molar-refractivity contribution in [2.24, 2.45) is 20.0 Å². The first-order valence-corrected chi connectivity index (χ1v) is 9.55. The average molecular weight is 396 g/mol. The number of hydrazine groups is 1. The van der Waals surface area contributed by atoms with Crippen molar-refractivity contribution in [1.82, 2.24) is 29.5 Å². The molecule has 2 amide bonds. The molecule has 11 heteroatoms. The van der Waals surface area contributed by atoms with Gasteiger partial charge in [0.05, 0.1) is 5.75 Å². The second-order valence-corrected chi connectivity index (χ2v) is 7.35. The number of hydrogen-bond acceptors (Lipinski definition) is 6. The number of carbonyl (C=O) groups excluding carboxylic acids is 2. The van der Waals surface area contributed by atoms with Crippen molar-refractivity contribution in [3.05, 3.63) is 20.8 Å². The summed E-state index contributed by atoms with van der Waals surface area (Å²) in [6.07, 6.45) is 0.752. The molecule has 10 nitrogen and oxygen atoms in total. The van der Waals surface area contributed by atoms with Crippen molar-refractivity contribution in [3.8, 4) is 0 Å². The maximum Gasteiger partial charge on any atom is 0.332 e. The maximum atomic E-state index is 12.5. The monoisotopic (exact) mass is 396 g/mol. The first kappa shape index (κ1) is 20.7. The Hall–Kier alpha value is -2.56. The summed E-state index contributed by atoms with van der Waals surface area (Å²) in [7, 11) is 2.97. The van der Waals surface area contributed by atoms with Crippen molar-refractivity contribution < 1.29 is 9.59 Å². The second kappa shape index (κ2) is 8.42. The third-order valence-electron chi connectivity index (χ3n) is 3.94. The number of aromatic nitrogens is 4. The van der Waals surface area contributed by atoms with Crippen molar-refractivity contribution in [1.29, 1.82) is 0 Å². The lowest BCUT2D eigenvalue weighted by atomic mass is 10.2. The van der Waals surface area contributed by atoms with E-state index in [9.17, 15) is 19.2 Å². The summed E-state index contributed by atoms with van der Waals surface area (Å²) in [5, 5.41) is 0.468. The Morgan fingerprint density at radius 3 is 2.41 bits per heavy atom. The van der Waals surface area contributed by atoms with E-state index < -0.39 is 17.2 Å². The Balaban J connectivity index is 2.29. The van der Waals surface area contributed by atoms with Crippen LogP contribution in [0.2, 0.25) is 0 Å². The van der Waals surface area contributed by atoms with Crippen molar-refractivity contribution in [2.45, 2.75) is 38.9 Å². The summed E-state index contributed by atoms with van der Waals surface area (Å²) >= 11 is 1.14. The van der Waals surface area contributed by atoms with Crippen LogP contribution in [0.4, 0.5) is 0 Å². The van der Waals surface area contributed by atoms with Crippen molar-refractivity contribution in [3.63, 3.8) is 0 Å². The molecule has 0 spiro atoms. The summed E-state index contributed by atoms with van der Waals surface area (Å²) in [5.41, 5.74) is 4.42. The van der Waals surface area contributed by atoms with Gasteiger partial charge in [-0.2, -0.15) is 0 Å². The van der Waals surface area contributed by atoms with Gasteiger partial charge < -0.3 is 4.57 Å². The zero-order valence-electron chi connectivity index (χ0n) is 16.0. The number of nitrogens with one attached hydrogen (secondary N) is 2. The Bertz CT molecular complexity index is 987. The SMILES string of the molecule is CCCn1c(SCC(=O)NNC(=O)C(C)C)nc2c1c(=O)n(C)c(=O)n2C. The molecule has 0 aliphatic heterocycles. The van der Waals surface area contributed by atoms with E-state index in [0.717, 1.165) is 22.7 Å². The molecular formula is C16H24N6O4S. The van der Waals surface area contributed by atoms with Crippen LogP contribution in [-0.4, -0.2) is 36.3 Å². The normalized spacial score (nSPS) is 11.2. The zero-order valence-corrected chi connectivity index (χ0v) is 16.8. The molecule has 0 atom stereocenters. The van der Waals surface area contributed by atoms with E-state index in [-0.39, 0.29) is 23.2 Å². The number of imidazole rings is 1. The molecule has 2 heterocycles.